The number of piperidine rings is 1. The molecule has 0 atom stereocenters. The Balaban J connectivity index is 1.57. The number of carbonyl (C=O) groups is 1. The van der Waals surface area contributed by atoms with Crippen molar-refractivity contribution in [2.75, 3.05) is 44.3 Å². The fourth-order valence-electron chi connectivity index (χ4n) is 4.74. The first kappa shape index (κ1) is 21.6. The minimum Gasteiger partial charge on any atom is -0.379 e. The summed E-state index contributed by atoms with van der Waals surface area (Å²) in [5.74, 6) is -0.529. The van der Waals surface area contributed by atoms with Crippen molar-refractivity contribution in [3.8, 4) is 22.4 Å². The van der Waals surface area contributed by atoms with Crippen LogP contribution in [0.2, 0.25) is 0 Å². The predicted molar refractivity (Wildman–Crippen MR) is 128 cm³/mol. The van der Waals surface area contributed by atoms with E-state index in [0.29, 0.717) is 5.69 Å². The number of carbonyl (C=O) groups excluding carboxylic acids is 1. The molecule has 0 bridgehead atoms. The van der Waals surface area contributed by atoms with Gasteiger partial charge in [0.25, 0.3) is 5.91 Å². The number of hydrogen-bond acceptors (Lipinski definition) is 6. The highest BCUT2D eigenvalue weighted by Crippen LogP contribution is 2.36. The van der Waals surface area contributed by atoms with Gasteiger partial charge in [-0.1, -0.05) is 6.07 Å². The highest BCUT2D eigenvalue weighted by Gasteiger charge is 2.22. The van der Waals surface area contributed by atoms with Crippen LogP contribution in [0.1, 0.15) is 35.3 Å². The number of hydrogen-bond donors (Lipinski definition) is 2. The molecule has 33 heavy (non-hydrogen) atoms. The third-order valence-electron chi connectivity index (χ3n) is 6.48. The van der Waals surface area contributed by atoms with Gasteiger partial charge < -0.3 is 15.4 Å². The molecule has 8 nitrogen and oxygen atoms in total. The standard InChI is InChI=1S/C25H30N6O2/c26-25(32)24-20(5-6-22(29-24)19-15-27-28-16-19)21-14-18(17-30-10-12-33-13-11-30)4-7-23(21)31-8-2-1-3-9-31/h4-7,14-16H,1-3,8-13,17H2,(H2,26,32)(H,27,28). The van der Waals surface area contributed by atoms with Crippen LogP contribution in [0.5, 0.6) is 0 Å². The van der Waals surface area contributed by atoms with Crippen molar-refractivity contribution in [1.82, 2.24) is 20.1 Å². The lowest BCUT2D eigenvalue weighted by atomic mass is 9.96. The second-order valence-electron chi connectivity index (χ2n) is 8.73. The molecular formula is C25H30N6O2. The zero-order valence-electron chi connectivity index (χ0n) is 18.8. The number of H-pyrrole nitrogens is 1. The molecule has 1 aromatic carbocycles. The number of nitrogens with two attached hydrogens (primary N) is 1. The number of morpholine rings is 1. The van der Waals surface area contributed by atoms with Crippen LogP contribution < -0.4 is 10.6 Å². The topological polar surface area (TPSA) is 100 Å². The molecule has 0 unspecified atom stereocenters. The van der Waals surface area contributed by atoms with Crippen LogP contribution in [-0.4, -0.2) is 65.4 Å². The van der Waals surface area contributed by atoms with Crippen LogP contribution in [0.25, 0.3) is 22.4 Å². The quantitative estimate of drug-likeness (QED) is 0.604. The van der Waals surface area contributed by atoms with E-state index in [0.717, 1.165) is 68.3 Å². The maximum absolute atomic E-state index is 12.5. The Morgan fingerprint density at radius 1 is 1.03 bits per heavy atom. The van der Waals surface area contributed by atoms with Gasteiger partial charge in [-0.05, 0) is 49.1 Å². The first-order valence-electron chi connectivity index (χ1n) is 11.7. The molecule has 2 fully saturated rings. The van der Waals surface area contributed by atoms with E-state index >= 15 is 0 Å². The van der Waals surface area contributed by atoms with Gasteiger partial charge in [0.1, 0.15) is 5.69 Å². The molecule has 4 heterocycles. The Bertz CT molecular complexity index is 1100. The first-order chi connectivity index (χ1) is 16.2. The van der Waals surface area contributed by atoms with Crippen molar-refractivity contribution in [3.63, 3.8) is 0 Å². The molecule has 2 saturated heterocycles. The SMILES string of the molecule is NC(=O)c1nc(-c2cn[nH]c2)ccc1-c1cc(CN2CCOCC2)ccc1N1CCCCC1. The van der Waals surface area contributed by atoms with Gasteiger partial charge in [0.15, 0.2) is 0 Å². The number of nitrogens with zero attached hydrogens (tertiary/aromatic N) is 4. The third kappa shape index (κ3) is 4.77. The molecule has 172 valence electrons. The molecule has 0 radical (unpaired) electrons. The van der Waals surface area contributed by atoms with Crippen molar-refractivity contribution in [2.24, 2.45) is 5.73 Å². The van der Waals surface area contributed by atoms with Gasteiger partial charge in [0.05, 0.1) is 25.1 Å². The number of nitrogens with one attached hydrogen (secondary N) is 1. The Labute approximate surface area is 193 Å². The summed E-state index contributed by atoms with van der Waals surface area (Å²) in [6, 6.07) is 10.5. The van der Waals surface area contributed by atoms with E-state index in [4.69, 9.17) is 10.5 Å². The Hall–Kier alpha value is -3.23. The molecule has 0 spiro atoms. The number of amides is 1. The van der Waals surface area contributed by atoms with Gasteiger partial charge in [-0.3, -0.25) is 14.8 Å². The van der Waals surface area contributed by atoms with E-state index in [2.05, 4.69) is 43.2 Å². The van der Waals surface area contributed by atoms with E-state index in [1.807, 2.05) is 12.1 Å². The van der Waals surface area contributed by atoms with Gasteiger partial charge in [-0.15, -0.1) is 0 Å². The van der Waals surface area contributed by atoms with Gasteiger partial charge in [0, 0.05) is 61.3 Å². The van der Waals surface area contributed by atoms with Crippen LogP contribution in [0.3, 0.4) is 0 Å². The maximum atomic E-state index is 12.5. The first-order valence-corrected chi connectivity index (χ1v) is 11.7. The van der Waals surface area contributed by atoms with E-state index in [9.17, 15) is 4.79 Å². The predicted octanol–water partition coefficient (Wildman–Crippen LogP) is 3.06. The summed E-state index contributed by atoms with van der Waals surface area (Å²) in [6.45, 7) is 6.27. The molecule has 0 aliphatic carbocycles. The lowest BCUT2D eigenvalue weighted by molar-refractivity contribution is 0.0342. The molecule has 2 aliphatic rings. The van der Waals surface area contributed by atoms with E-state index in [1.54, 1.807) is 12.4 Å². The molecule has 0 saturated carbocycles. The number of anilines is 1. The third-order valence-corrected chi connectivity index (χ3v) is 6.48. The minimum absolute atomic E-state index is 0.287. The molecule has 3 aromatic rings. The van der Waals surface area contributed by atoms with Gasteiger partial charge in [-0.2, -0.15) is 5.10 Å². The van der Waals surface area contributed by atoms with Gasteiger partial charge >= 0.3 is 0 Å². The number of benzene rings is 1. The fourth-order valence-corrected chi connectivity index (χ4v) is 4.74. The van der Waals surface area contributed by atoms with Crippen LogP contribution >= 0.6 is 0 Å². The Morgan fingerprint density at radius 2 is 1.85 bits per heavy atom. The molecule has 2 aromatic heterocycles. The highest BCUT2D eigenvalue weighted by atomic mass is 16.5. The number of pyridine rings is 1. The number of primary amides is 1. The van der Waals surface area contributed by atoms with Crippen molar-refractivity contribution >= 4 is 11.6 Å². The van der Waals surface area contributed by atoms with E-state index < -0.39 is 5.91 Å². The van der Waals surface area contributed by atoms with E-state index in [-0.39, 0.29) is 5.69 Å². The average Bonchev–Trinajstić information content (AvgIpc) is 3.40. The summed E-state index contributed by atoms with van der Waals surface area (Å²) in [5.41, 5.74) is 11.8. The number of aromatic nitrogens is 3. The summed E-state index contributed by atoms with van der Waals surface area (Å²) < 4.78 is 5.50. The zero-order valence-corrected chi connectivity index (χ0v) is 18.8. The van der Waals surface area contributed by atoms with Crippen LogP contribution in [0, 0.1) is 0 Å². The normalized spacial score (nSPS) is 17.3. The number of ether oxygens (including phenoxy) is 1. The summed E-state index contributed by atoms with van der Waals surface area (Å²) in [4.78, 5) is 22.0. The van der Waals surface area contributed by atoms with Gasteiger partial charge in [-0.25, -0.2) is 4.98 Å². The van der Waals surface area contributed by atoms with Gasteiger partial charge in [0.2, 0.25) is 0 Å². The second kappa shape index (κ2) is 9.72. The van der Waals surface area contributed by atoms with Crippen LogP contribution in [-0.2, 0) is 11.3 Å². The summed E-state index contributed by atoms with van der Waals surface area (Å²) in [7, 11) is 0. The van der Waals surface area contributed by atoms with Crippen molar-refractivity contribution in [3.05, 3.63) is 54.0 Å². The van der Waals surface area contributed by atoms with Crippen molar-refractivity contribution in [2.45, 2.75) is 25.8 Å². The molecule has 1 amide bonds. The molecule has 8 heteroatoms. The van der Waals surface area contributed by atoms with Crippen LogP contribution in [0.4, 0.5) is 5.69 Å². The number of rotatable bonds is 6. The van der Waals surface area contributed by atoms with E-state index in [1.165, 1.54) is 24.8 Å². The fraction of sp³-hybridized carbons (Fsp3) is 0.400. The molecule has 5 rings (SSSR count). The highest BCUT2D eigenvalue weighted by molar-refractivity contribution is 6.00. The Morgan fingerprint density at radius 3 is 2.58 bits per heavy atom. The molecule has 3 N–H and O–H groups in total. The Kier molecular flexibility index (Phi) is 6.37. The lowest BCUT2D eigenvalue weighted by Gasteiger charge is -2.32. The lowest BCUT2D eigenvalue weighted by Crippen LogP contribution is -2.35. The maximum Gasteiger partial charge on any atom is 0.267 e. The molecule has 2 aliphatic heterocycles. The zero-order chi connectivity index (χ0) is 22.6. The smallest absolute Gasteiger partial charge is 0.267 e. The summed E-state index contributed by atoms with van der Waals surface area (Å²) in [6.07, 6.45) is 7.06. The second-order valence-corrected chi connectivity index (χ2v) is 8.73. The van der Waals surface area contributed by atoms with Crippen LogP contribution in [0.15, 0.2) is 42.7 Å². The van der Waals surface area contributed by atoms with Crippen molar-refractivity contribution < 1.29 is 9.53 Å². The minimum atomic E-state index is -0.529. The number of aromatic amines is 1. The average molecular weight is 447 g/mol. The molecular weight excluding hydrogens is 416 g/mol. The summed E-state index contributed by atoms with van der Waals surface area (Å²) in [5, 5.41) is 6.79. The largest absolute Gasteiger partial charge is 0.379 e. The monoisotopic (exact) mass is 446 g/mol. The van der Waals surface area contributed by atoms with Crippen molar-refractivity contribution in [1.29, 1.82) is 0 Å². The summed E-state index contributed by atoms with van der Waals surface area (Å²) >= 11 is 0.